The average molecular weight is 361 g/mol. The summed E-state index contributed by atoms with van der Waals surface area (Å²) < 4.78 is 5.83. The average Bonchev–Trinajstić information content (AvgIpc) is 2.59. The van der Waals surface area contributed by atoms with E-state index in [1.165, 1.54) is 0 Å². The van der Waals surface area contributed by atoms with Crippen molar-refractivity contribution in [3.63, 3.8) is 0 Å². The molecule has 0 saturated carbocycles. The van der Waals surface area contributed by atoms with Crippen LogP contribution in [0.4, 0.5) is 0 Å². The molecule has 1 heterocycles. The van der Waals surface area contributed by atoms with Crippen molar-refractivity contribution in [2.75, 3.05) is 13.1 Å². The number of benzene rings is 2. The predicted octanol–water partition coefficient (Wildman–Crippen LogP) is 3.51. The third-order valence-electron chi connectivity index (χ3n) is 4.17. The highest BCUT2D eigenvalue weighted by atomic mass is 35.5. The van der Waals surface area contributed by atoms with E-state index >= 15 is 0 Å². The molecule has 2 aromatic rings. The van der Waals surface area contributed by atoms with Gasteiger partial charge < -0.3 is 15.0 Å². The topological polar surface area (TPSA) is 41.6 Å². The van der Waals surface area contributed by atoms with E-state index in [4.69, 9.17) is 4.74 Å². The number of nitrogens with one attached hydrogen (secondary N) is 1. The minimum Gasteiger partial charge on any atom is -0.489 e. The van der Waals surface area contributed by atoms with Gasteiger partial charge in [-0.05, 0) is 37.6 Å². The van der Waals surface area contributed by atoms with Crippen molar-refractivity contribution in [2.45, 2.75) is 32.5 Å². The minimum absolute atomic E-state index is 0. The molecule has 4 nitrogen and oxygen atoms in total. The molecule has 1 fully saturated rings. The second-order valence-electron chi connectivity index (χ2n) is 6.48. The predicted molar refractivity (Wildman–Crippen MR) is 102 cm³/mol. The van der Waals surface area contributed by atoms with Gasteiger partial charge in [-0.3, -0.25) is 4.79 Å². The molecule has 2 atom stereocenters. The number of ether oxygens (including phenoxy) is 1. The van der Waals surface area contributed by atoms with Gasteiger partial charge in [0.05, 0.1) is 0 Å². The molecule has 2 aromatic carbocycles. The normalized spacial score (nSPS) is 19.8. The summed E-state index contributed by atoms with van der Waals surface area (Å²) in [6, 6.07) is 18.1. The van der Waals surface area contributed by atoms with Gasteiger partial charge >= 0.3 is 0 Å². The molecule has 0 aromatic heterocycles. The Morgan fingerprint density at radius 3 is 2.44 bits per heavy atom. The number of amides is 1. The van der Waals surface area contributed by atoms with Gasteiger partial charge in [0.2, 0.25) is 0 Å². The first-order valence-corrected chi connectivity index (χ1v) is 8.44. The molecular formula is C20H25ClN2O2. The van der Waals surface area contributed by atoms with Crippen LogP contribution in [0.5, 0.6) is 5.75 Å². The van der Waals surface area contributed by atoms with Crippen LogP contribution in [0.1, 0.15) is 29.8 Å². The van der Waals surface area contributed by atoms with Crippen molar-refractivity contribution in [2.24, 2.45) is 0 Å². The summed E-state index contributed by atoms with van der Waals surface area (Å²) >= 11 is 0. The molecule has 3 rings (SSSR count). The van der Waals surface area contributed by atoms with Crippen LogP contribution in [-0.4, -0.2) is 36.0 Å². The molecule has 0 bridgehead atoms. The molecule has 5 heteroatoms. The number of piperazine rings is 1. The Labute approximate surface area is 155 Å². The smallest absolute Gasteiger partial charge is 0.254 e. The lowest BCUT2D eigenvalue weighted by Crippen LogP contribution is -2.55. The second-order valence-corrected chi connectivity index (χ2v) is 6.48. The van der Waals surface area contributed by atoms with E-state index in [9.17, 15) is 4.79 Å². The third-order valence-corrected chi connectivity index (χ3v) is 4.17. The Kier molecular flexibility index (Phi) is 6.85. The number of halogens is 1. The zero-order valence-corrected chi connectivity index (χ0v) is 15.5. The van der Waals surface area contributed by atoms with E-state index in [2.05, 4.69) is 19.2 Å². The summed E-state index contributed by atoms with van der Waals surface area (Å²) in [5.74, 6) is 0.793. The minimum atomic E-state index is 0. The molecular weight excluding hydrogens is 336 g/mol. The number of carbonyl (C=O) groups excluding carboxylic acids is 1. The van der Waals surface area contributed by atoms with Crippen LogP contribution < -0.4 is 10.1 Å². The summed E-state index contributed by atoms with van der Waals surface area (Å²) in [7, 11) is 0. The van der Waals surface area contributed by atoms with Crippen molar-refractivity contribution in [3.8, 4) is 5.75 Å². The first-order chi connectivity index (χ1) is 11.6. The fraction of sp³-hybridized carbons (Fsp3) is 0.350. The van der Waals surface area contributed by atoms with Gasteiger partial charge in [0.15, 0.2) is 0 Å². The van der Waals surface area contributed by atoms with Crippen LogP contribution in [0.3, 0.4) is 0 Å². The molecule has 1 aliphatic rings. The van der Waals surface area contributed by atoms with Gasteiger partial charge in [0.1, 0.15) is 12.4 Å². The second kappa shape index (κ2) is 8.88. The quantitative estimate of drug-likeness (QED) is 0.907. The van der Waals surface area contributed by atoms with E-state index < -0.39 is 0 Å². The molecule has 1 N–H and O–H groups in total. The first-order valence-electron chi connectivity index (χ1n) is 8.44. The van der Waals surface area contributed by atoms with Gasteiger partial charge in [0.25, 0.3) is 5.91 Å². The number of rotatable bonds is 4. The van der Waals surface area contributed by atoms with Gasteiger partial charge in [-0.15, -0.1) is 12.4 Å². The molecule has 134 valence electrons. The SMILES string of the molecule is CC1CN(C(=O)c2cccc(OCc3ccccc3)c2)CC(C)N1.Cl. The fourth-order valence-electron chi connectivity index (χ4n) is 3.14. The summed E-state index contributed by atoms with van der Waals surface area (Å²) in [4.78, 5) is 14.7. The van der Waals surface area contributed by atoms with Crippen molar-refractivity contribution >= 4 is 18.3 Å². The van der Waals surface area contributed by atoms with Gasteiger partial charge in [-0.25, -0.2) is 0 Å². The van der Waals surface area contributed by atoms with E-state index in [1.807, 2.05) is 59.5 Å². The summed E-state index contributed by atoms with van der Waals surface area (Å²) in [6.45, 7) is 6.18. The Bertz CT molecular complexity index is 683. The van der Waals surface area contributed by atoms with Crippen molar-refractivity contribution in [1.82, 2.24) is 10.2 Å². The van der Waals surface area contributed by atoms with Crippen molar-refractivity contribution < 1.29 is 9.53 Å². The number of hydrogen-bond acceptors (Lipinski definition) is 3. The highest BCUT2D eigenvalue weighted by Gasteiger charge is 2.25. The zero-order valence-electron chi connectivity index (χ0n) is 14.6. The zero-order chi connectivity index (χ0) is 16.9. The summed E-state index contributed by atoms with van der Waals surface area (Å²) in [6.07, 6.45) is 0. The monoisotopic (exact) mass is 360 g/mol. The van der Waals surface area contributed by atoms with Crippen molar-refractivity contribution in [1.29, 1.82) is 0 Å². The van der Waals surface area contributed by atoms with Crippen LogP contribution in [-0.2, 0) is 6.61 Å². The number of carbonyl (C=O) groups is 1. The highest BCUT2D eigenvalue weighted by molar-refractivity contribution is 5.94. The number of hydrogen-bond donors (Lipinski definition) is 1. The molecule has 0 radical (unpaired) electrons. The lowest BCUT2D eigenvalue weighted by molar-refractivity contribution is 0.0673. The van der Waals surface area contributed by atoms with Crippen LogP contribution in [0, 0.1) is 0 Å². The molecule has 0 aliphatic carbocycles. The maximum absolute atomic E-state index is 12.8. The Balaban J connectivity index is 0.00000225. The lowest BCUT2D eigenvalue weighted by atomic mass is 10.1. The van der Waals surface area contributed by atoms with E-state index in [0.717, 1.165) is 24.4 Å². The van der Waals surface area contributed by atoms with E-state index in [1.54, 1.807) is 0 Å². The third kappa shape index (κ3) is 5.21. The van der Waals surface area contributed by atoms with Crippen molar-refractivity contribution in [3.05, 3.63) is 65.7 Å². The molecule has 1 saturated heterocycles. The van der Waals surface area contributed by atoms with Gasteiger partial charge in [-0.2, -0.15) is 0 Å². The van der Waals surface area contributed by atoms with E-state index in [-0.39, 0.29) is 18.3 Å². The molecule has 1 aliphatic heterocycles. The first kappa shape index (κ1) is 19.3. The van der Waals surface area contributed by atoms with Gasteiger partial charge in [-0.1, -0.05) is 36.4 Å². The Morgan fingerprint density at radius 2 is 1.76 bits per heavy atom. The van der Waals surface area contributed by atoms with Gasteiger partial charge in [0, 0.05) is 30.7 Å². The Hall–Kier alpha value is -2.04. The molecule has 25 heavy (non-hydrogen) atoms. The largest absolute Gasteiger partial charge is 0.489 e. The summed E-state index contributed by atoms with van der Waals surface area (Å²) in [5, 5.41) is 3.45. The van der Waals surface area contributed by atoms with E-state index in [0.29, 0.717) is 24.3 Å². The Morgan fingerprint density at radius 1 is 1.08 bits per heavy atom. The summed E-state index contributed by atoms with van der Waals surface area (Å²) in [5.41, 5.74) is 1.79. The van der Waals surface area contributed by atoms with Crippen LogP contribution in [0.15, 0.2) is 54.6 Å². The van der Waals surface area contributed by atoms with Crippen LogP contribution >= 0.6 is 12.4 Å². The number of nitrogens with zero attached hydrogens (tertiary/aromatic N) is 1. The highest BCUT2D eigenvalue weighted by Crippen LogP contribution is 2.18. The maximum Gasteiger partial charge on any atom is 0.254 e. The van der Waals surface area contributed by atoms with Crippen LogP contribution in [0.25, 0.3) is 0 Å². The van der Waals surface area contributed by atoms with Crippen LogP contribution in [0.2, 0.25) is 0 Å². The fourth-order valence-corrected chi connectivity index (χ4v) is 3.14. The molecule has 0 spiro atoms. The standard InChI is InChI=1S/C20H24N2O2.ClH/c1-15-12-22(13-16(2)21-15)20(23)18-9-6-10-19(11-18)24-14-17-7-4-3-5-8-17;/h3-11,15-16,21H,12-14H2,1-2H3;1H. The molecule has 1 amide bonds. The molecule has 2 unspecified atom stereocenters. The maximum atomic E-state index is 12.8. The lowest BCUT2D eigenvalue weighted by Gasteiger charge is -2.36.